The molecule has 1 spiro atoms. The van der Waals surface area contributed by atoms with E-state index >= 15 is 0 Å². The number of hydrogen-bond donors (Lipinski definition) is 2. The zero-order valence-electron chi connectivity index (χ0n) is 11.7. The Morgan fingerprint density at radius 3 is 2.78 bits per heavy atom. The van der Waals surface area contributed by atoms with E-state index in [1.807, 2.05) is 6.92 Å². The first kappa shape index (κ1) is 14.6. The summed E-state index contributed by atoms with van der Waals surface area (Å²) < 4.78 is 6.10. The van der Waals surface area contributed by atoms with Crippen LogP contribution in [0.3, 0.4) is 0 Å². The van der Waals surface area contributed by atoms with Crippen LogP contribution in [0.15, 0.2) is 0 Å². The standard InChI is InChI=1S/C14H27NO2S/c1-11(9-12(2)16)15-13-3-6-17-14(10-13)4-7-18-8-5-14/h11-13,15-16H,3-10H2,1-2H3. The lowest BCUT2D eigenvalue weighted by Crippen LogP contribution is -2.51. The maximum atomic E-state index is 9.43. The van der Waals surface area contributed by atoms with Crippen LogP contribution < -0.4 is 5.32 Å². The van der Waals surface area contributed by atoms with E-state index in [0.717, 1.165) is 25.9 Å². The SMILES string of the molecule is CC(O)CC(C)NC1CCOC2(CCSCC2)C1. The van der Waals surface area contributed by atoms with Crippen molar-refractivity contribution < 1.29 is 9.84 Å². The molecule has 2 N–H and O–H groups in total. The van der Waals surface area contributed by atoms with Gasteiger partial charge in [0.15, 0.2) is 0 Å². The molecule has 18 heavy (non-hydrogen) atoms. The minimum absolute atomic E-state index is 0.158. The van der Waals surface area contributed by atoms with Crippen LogP contribution in [0.5, 0.6) is 0 Å². The summed E-state index contributed by atoms with van der Waals surface area (Å²) in [6.45, 7) is 4.93. The maximum Gasteiger partial charge on any atom is 0.0713 e. The third kappa shape index (κ3) is 4.12. The molecule has 0 aromatic carbocycles. The Labute approximate surface area is 115 Å². The minimum atomic E-state index is -0.215. The zero-order chi connectivity index (χ0) is 13.0. The van der Waals surface area contributed by atoms with Crippen LogP contribution in [0.25, 0.3) is 0 Å². The van der Waals surface area contributed by atoms with E-state index in [1.165, 1.54) is 24.3 Å². The van der Waals surface area contributed by atoms with E-state index in [1.54, 1.807) is 0 Å². The molecule has 2 aliphatic rings. The highest BCUT2D eigenvalue weighted by atomic mass is 32.2. The van der Waals surface area contributed by atoms with Gasteiger partial charge in [0.05, 0.1) is 11.7 Å². The molecule has 0 amide bonds. The number of aliphatic hydroxyl groups is 1. The lowest BCUT2D eigenvalue weighted by atomic mass is 9.85. The fraction of sp³-hybridized carbons (Fsp3) is 1.00. The highest BCUT2D eigenvalue weighted by Crippen LogP contribution is 2.37. The number of nitrogens with one attached hydrogen (secondary N) is 1. The molecule has 3 atom stereocenters. The third-order valence-electron chi connectivity index (χ3n) is 4.11. The summed E-state index contributed by atoms with van der Waals surface area (Å²) in [6, 6.07) is 0.957. The Hall–Kier alpha value is 0.230. The second-order valence-electron chi connectivity index (χ2n) is 5.99. The monoisotopic (exact) mass is 273 g/mol. The minimum Gasteiger partial charge on any atom is -0.393 e. The van der Waals surface area contributed by atoms with Gasteiger partial charge in [-0.2, -0.15) is 11.8 Å². The normalized spacial score (nSPS) is 31.2. The smallest absolute Gasteiger partial charge is 0.0713 e. The molecule has 0 radical (unpaired) electrons. The summed E-state index contributed by atoms with van der Waals surface area (Å²) in [4.78, 5) is 0. The van der Waals surface area contributed by atoms with Crippen molar-refractivity contribution in [2.45, 2.75) is 69.7 Å². The molecule has 0 bridgehead atoms. The highest BCUT2D eigenvalue weighted by Gasteiger charge is 2.38. The van der Waals surface area contributed by atoms with Crippen molar-refractivity contribution in [1.29, 1.82) is 0 Å². The predicted molar refractivity (Wildman–Crippen MR) is 77.2 cm³/mol. The van der Waals surface area contributed by atoms with Crippen LogP contribution in [0, 0.1) is 0 Å². The molecule has 0 aromatic rings. The van der Waals surface area contributed by atoms with Crippen molar-refractivity contribution in [3.63, 3.8) is 0 Å². The second-order valence-corrected chi connectivity index (χ2v) is 7.21. The van der Waals surface area contributed by atoms with Gasteiger partial charge >= 0.3 is 0 Å². The van der Waals surface area contributed by atoms with Crippen molar-refractivity contribution in [3.8, 4) is 0 Å². The summed E-state index contributed by atoms with van der Waals surface area (Å²) in [5.41, 5.74) is 0.158. The summed E-state index contributed by atoms with van der Waals surface area (Å²) in [7, 11) is 0. The molecule has 4 heteroatoms. The maximum absolute atomic E-state index is 9.43. The molecule has 2 saturated heterocycles. The molecule has 3 unspecified atom stereocenters. The van der Waals surface area contributed by atoms with Gasteiger partial charge in [-0.1, -0.05) is 0 Å². The Bertz CT molecular complexity index is 249. The van der Waals surface area contributed by atoms with Crippen LogP contribution >= 0.6 is 11.8 Å². The molecule has 2 heterocycles. The molecule has 2 rings (SSSR count). The summed E-state index contributed by atoms with van der Waals surface area (Å²) in [6.07, 6.45) is 5.30. The fourth-order valence-corrected chi connectivity index (χ4v) is 4.48. The van der Waals surface area contributed by atoms with Gasteiger partial charge in [0, 0.05) is 18.7 Å². The highest BCUT2D eigenvalue weighted by molar-refractivity contribution is 7.99. The molecular formula is C14H27NO2S. The molecule has 106 valence electrons. The van der Waals surface area contributed by atoms with E-state index in [2.05, 4.69) is 24.0 Å². The quantitative estimate of drug-likeness (QED) is 0.824. The van der Waals surface area contributed by atoms with Crippen LogP contribution in [0.4, 0.5) is 0 Å². The van der Waals surface area contributed by atoms with Crippen molar-refractivity contribution in [1.82, 2.24) is 5.32 Å². The third-order valence-corrected chi connectivity index (χ3v) is 5.10. The molecule has 0 saturated carbocycles. The van der Waals surface area contributed by atoms with E-state index < -0.39 is 0 Å². The summed E-state index contributed by atoms with van der Waals surface area (Å²) in [5.74, 6) is 2.49. The first-order chi connectivity index (χ1) is 8.60. The van der Waals surface area contributed by atoms with Gasteiger partial charge in [0.25, 0.3) is 0 Å². The van der Waals surface area contributed by atoms with Crippen LogP contribution in [0.2, 0.25) is 0 Å². The summed E-state index contributed by atoms with van der Waals surface area (Å²) in [5, 5.41) is 13.1. The molecule has 3 nitrogen and oxygen atoms in total. The van der Waals surface area contributed by atoms with Crippen LogP contribution in [-0.4, -0.2) is 47.0 Å². The van der Waals surface area contributed by atoms with Gasteiger partial charge < -0.3 is 15.2 Å². The number of ether oxygens (including phenoxy) is 1. The average molecular weight is 273 g/mol. The number of rotatable bonds is 4. The van der Waals surface area contributed by atoms with Crippen LogP contribution in [-0.2, 0) is 4.74 Å². The van der Waals surface area contributed by atoms with Gasteiger partial charge in [-0.15, -0.1) is 0 Å². The molecular weight excluding hydrogens is 246 g/mol. The molecule has 0 aliphatic carbocycles. The van der Waals surface area contributed by atoms with E-state index in [9.17, 15) is 5.11 Å². The van der Waals surface area contributed by atoms with Crippen molar-refractivity contribution in [2.24, 2.45) is 0 Å². The second kappa shape index (κ2) is 6.60. The van der Waals surface area contributed by atoms with Gasteiger partial charge in [-0.25, -0.2) is 0 Å². The first-order valence-corrected chi connectivity index (χ1v) is 8.41. The van der Waals surface area contributed by atoms with Gasteiger partial charge in [-0.05, 0) is 57.5 Å². The lowest BCUT2D eigenvalue weighted by Gasteiger charge is -2.44. The Morgan fingerprint density at radius 1 is 1.39 bits per heavy atom. The fourth-order valence-electron chi connectivity index (χ4n) is 3.24. The van der Waals surface area contributed by atoms with E-state index in [0.29, 0.717) is 12.1 Å². The van der Waals surface area contributed by atoms with Crippen molar-refractivity contribution in [2.75, 3.05) is 18.1 Å². The lowest BCUT2D eigenvalue weighted by molar-refractivity contribution is -0.0943. The van der Waals surface area contributed by atoms with Gasteiger partial charge in [-0.3, -0.25) is 0 Å². The van der Waals surface area contributed by atoms with E-state index in [4.69, 9.17) is 4.74 Å². The predicted octanol–water partition coefficient (Wildman–Crippen LogP) is 2.18. The van der Waals surface area contributed by atoms with Crippen molar-refractivity contribution in [3.05, 3.63) is 0 Å². The Morgan fingerprint density at radius 2 is 2.11 bits per heavy atom. The largest absolute Gasteiger partial charge is 0.393 e. The number of thioether (sulfide) groups is 1. The van der Waals surface area contributed by atoms with Crippen molar-refractivity contribution >= 4 is 11.8 Å². The zero-order valence-corrected chi connectivity index (χ0v) is 12.5. The molecule has 0 aromatic heterocycles. The van der Waals surface area contributed by atoms with E-state index in [-0.39, 0.29) is 11.7 Å². The Balaban J connectivity index is 1.82. The summed E-state index contributed by atoms with van der Waals surface area (Å²) >= 11 is 2.05. The topological polar surface area (TPSA) is 41.5 Å². The number of aliphatic hydroxyl groups excluding tert-OH is 1. The Kier molecular flexibility index (Phi) is 5.36. The number of hydrogen-bond acceptors (Lipinski definition) is 4. The van der Waals surface area contributed by atoms with Crippen LogP contribution in [0.1, 0.15) is 46.0 Å². The molecule has 2 fully saturated rings. The molecule has 2 aliphatic heterocycles. The van der Waals surface area contributed by atoms with Gasteiger partial charge in [0.2, 0.25) is 0 Å². The van der Waals surface area contributed by atoms with Gasteiger partial charge in [0.1, 0.15) is 0 Å². The first-order valence-electron chi connectivity index (χ1n) is 7.25. The average Bonchev–Trinajstić information content (AvgIpc) is 2.28.